The van der Waals surface area contributed by atoms with Crippen LogP contribution >= 0.6 is 25.3 Å². The van der Waals surface area contributed by atoms with Gasteiger partial charge in [-0.25, -0.2) is 0 Å². The Hall–Kier alpha value is 0.700. The highest BCUT2D eigenvalue weighted by Crippen LogP contribution is 2.36. The monoisotopic (exact) mass is 176 g/mol. The van der Waals surface area contributed by atoms with Crippen molar-refractivity contribution in [2.24, 2.45) is 11.8 Å². The van der Waals surface area contributed by atoms with Crippen LogP contribution in [0.4, 0.5) is 0 Å². The molecule has 0 radical (unpaired) electrons. The maximum absolute atomic E-state index is 4.32. The Balaban J connectivity index is 2.05. The van der Waals surface area contributed by atoms with Crippen LogP contribution in [-0.2, 0) is 0 Å². The van der Waals surface area contributed by atoms with E-state index in [9.17, 15) is 0 Å². The molecule has 1 atom stereocenters. The Bertz CT molecular complexity index is 89.3. The van der Waals surface area contributed by atoms with Crippen molar-refractivity contribution in [2.45, 2.75) is 25.7 Å². The lowest BCUT2D eigenvalue weighted by atomic mass is 10.0. The summed E-state index contributed by atoms with van der Waals surface area (Å²) in [7, 11) is 0. The Morgan fingerprint density at radius 1 is 1.30 bits per heavy atom. The van der Waals surface area contributed by atoms with Crippen LogP contribution in [-0.4, -0.2) is 11.5 Å². The second-order valence-corrected chi connectivity index (χ2v) is 4.05. The first-order chi connectivity index (χ1) is 4.86. The summed E-state index contributed by atoms with van der Waals surface area (Å²) in [5.74, 6) is 3.97. The van der Waals surface area contributed by atoms with Crippen molar-refractivity contribution in [3.8, 4) is 0 Å². The summed E-state index contributed by atoms with van der Waals surface area (Å²) in [5.41, 5.74) is 0. The van der Waals surface area contributed by atoms with E-state index in [1.807, 2.05) is 0 Å². The zero-order valence-corrected chi connectivity index (χ0v) is 8.08. The molecule has 0 saturated heterocycles. The lowest BCUT2D eigenvalue weighted by Gasteiger charge is -2.10. The molecule has 2 heteroatoms. The molecule has 10 heavy (non-hydrogen) atoms. The van der Waals surface area contributed by atoms with Gasteiger partial charge < -0.3 is 0 Å². The lowest BCUT2D eigenvalue weighted by molar-refractivity contribution is 0.495. The van der Waals surface area contributed by atoms with E-state index in [4.69, 9.17) is 0 Å². The van der Waals surface area contributed by atoms with E-state index in [-0.39, 0.29) is 0 Å². The van der Waals surface area contributed by atoms with Crippen LogP contribution in [0.15, 0.2) is 0 Å². The van der Waals surface area contributed by atoms with Gasteiger partial charge in [0.1, 0.15) is 0 Å². The molecule has 0 heterocycles. The highest BCUT2D eigenvalue weighted by Gasteiger charge is 2.24. The molecule has 1 rings (SSSR count). The summed E-state index contributed by atoms with van der Waals surface area (Å²) in [4.78, 5) is 0. The zero-order chi connectivity index (χ0) is 7.40. The third-order valence-electron chi connectivity index (χ3n) is 2.16. The minimum atomic E-state index is 0.841. The van der Waals surface area contributed by atoms with E-state index in [1.165, 1.54) is 25.7 Å². The fourth-order valence-electron chi connectivity index (χ4n) is 1.29. The third kappa shape index (κ3) is 3.20. The van der Waals surface area contributed by atoms with Crippen molar-refractivity contribution in [2.75, 3.05) is 11.5 Å². The Labute approximate surface area is 74.6 Å². The number of thiol groups is 2. The summed E-state index contributed by atoms with van der Waals surface area (Å²) in [6.45, 7) is 0. The maximum Gasteiger partial charge on any atom is -0.00691 e. The van der Waals surface area contributed by atoms with E-state index < -0.39 is 0 Å². The van der Waals surface area contributed by atoms with Crippen molar-refractivity contribution in [3.63, 3.8) is 0 Å². The fraction of sp³-hybridized carbons (Fsp3) is 1.00. The average molecular weight is 176 g/mol. The van der Waals surface area contributed by atoms with E-state index in [1.54, 1.807) is 0 Å². The smallest absolute Gasteiger partial charge is 0.00691 e. The standard InChI is InChI=1S/C8H16S2/c9-4-3-8(6-10)5-7-1-2-7/h7-10H,1-6H2. The molecule has 0 amide bonds. The molecule has 60 valence electrons. The van der Waals surface area contributed by atoms with Gasteiger partial charge in [0.05, 0.1) is 0 Å². The number of hydrogen-bond acceptors (Lipinski definition) is 2. The summed E-state index contributed by atoms with van der Waals surface area (Å²) in [5, 5.41) is 0. The highest BCUT2D eigenvalue weighted by atomic mass is 32.1. The van der Waals surface area contributed by atoms with Gasteiger partial charge in [-0.05, 0) is 36.2 Å². The van der Waals surface area contributed by atoms with Crippen LogP contribution in [0.25, 0.3) is 0 Å². The van der Waals surface area contributed by atoms with Crippen LogP contribution < -0.4 is 0 Å². The van der Waals surface area contributed by atoms with Crippen LogP contribution in [0.2, 0.25) is 0 Å². The van der Waals surface area contributed by atoms with Crippen LogP contribution in [0, 0.1) is 11.8 Å². The van der Waals surface area contributed by atoms with Crippen LogP contribution in [0.5, 0.6) is 0 Å². The van der Waals surface area contributed by atoms with Crippen molar-refractivity contribution in [1.82, 2.24) is 0 Å². The molecule has 0 aromatic rings. The van der Waals surface area contributed by atoms with Gasteiger partial charge in [-0.1, -0.05) is 12.8 Å². The Morgan fingerprint density at radius 3 is 2.40 bits per heavy atom. The van der Waals surface area contributed by atoms with Crippen molar-refractivity contribution in [3.05, 3.63) is 0 Å². The van der Waals surface area contributed by atoms with Gasteiger partial charge in [-0.15, -0.1) is 0 Å². The van der Waals surface area contributed by atoms with Crippen molar-refractivity contribution < 1.29 is 0 Å². The summed E-state index contributed by atoms with van der Waals surface area (Å²) >= 11 is 8.54. The van der Waals surface area contributed by atoms with Gasteiger partial charge >= 0.3 is 0 Å². The molecular formula is C8H16S2. The van der Waals surface area contributed by atoms with E-state index in [2.05, 4.69) is 25.3 Å². The van der Waals surface area contributed by atoms with Gasteiger partial charge in [-0.3, -0.25) is 0 Å². The summed E-state index contributed by atoms with van der Waals surface area (Å²) in [6, 6.07) is 0. The average Bonchev–Trinajstić information content (AvgIpc) is 2.71. The quantitative estimate of drug-likeness (QED) is 0.591. The molecular weight excluding hydrogens is 160 g/mol. The molecule has 1 aliphatic carbocycles. The molecule has 1 aliphatic rings. The lowest BCUT2D eigenvalue weighted by Crippen LogP contribution is -2.03. The molecule has 0 bridgehead atoms. The SMILES string of the molecule is SCCC(CS)CC1CC1. The normalized spacial score (nSPS) is 21.0. The topological polar surface area (TPSA) is 0 Å². The number of rotatable bonds is 5. The Morgan fingerprint density at radius 2 is 2.00 bits per heavy atom. The molecule has 0 aliphatic heterocycles. The van der Waals surface area contributed by atoms with Crippen LogP contribution in [0.1, 0.15) is 25.7 Å². The Kier molecular flexibility index (Phi) is 4.00. The molecule has 0 aromatic heterocycles. The van der Waals surface area contributed by atoms with Gasteiger partial charge in [-0.2, -0.15) is 25.3 Å². The molecule has 1 unspecified atom stereocenters. The first-order valence-corrected chi connectivity index (χ1v) is 5.35. The molecule has 1 saturated carbocycles. The number of hydrogen-bond donors (Lipinski definition) is 2. The zero-order valence-electron chi connectivity index (χ0n) is 6.29. The molecule has 0 aromatic carbocycles. The van der Waals surface area contributed by atoms with Gasteiger partial charge in [0.15, 0.2) is 0 Å². The highest BCUT2D eigenvalue weighted by molar-refractivity contribution is 7.80. The van der Waals surface area contributed by atoms with E-state index in [0.717, 1.165) is 23.3 Å². The van der Waals surface area contributed by atoms with E-state index >= 15 is 0 Å². The maximum atomic E-state index is 4.32. The first kappa shape index (κ1) is 8.79. The minimum Gasteiger partial charge on any atom is -0.179 e. The summed E-state index contributed by atoms with van der Waals surface area (Å²) < 4.78 is 0. The van der Waals surface area contributed by atoms with E-state index in [0.29, 0.717) is 0 Å². The first-order valence-electron chi connectivity index (χ1n) is 4.08. The predicted molar refractivity (Wildman–Crippen MR) is 53.2 cm³/mol. The largest absolute Gasteiger partial charge is 0.179 e. The molecule has 0 spiro atoms. The third-order valence-corrected chi connectivity index (χ3v) is 2.93. The summed E-state index contributed by atoms with van der Waals surface area (Å²) in [6.07, 6.45) is 5.60. The van der Waals surface area contributed by atoms with Crippen molar-refractivity contribution >= 4 is 25.3 Å². The van der Waals surface area contributed by atoms with Crippen molar-refractivity contribution in [1.29, 1.82) is 0 Å². The predicted octanol–water partition coefficient (Wildman–Crippen LogP) is 2.65. The second kappa shape index (κ2) is 4.55. The molecule has 0 nitrogen and oxygen atoms in total. The van der Waals surface area contributed by atoms with Gasteiger partial charge in [0.2, 0.25) is 0 Å². The van der Waals surface area contributed by atoms with Crippen LogP contribution in [0.3, 0.4) is 0 Å². The minimum absolute atomic E-state index is 0.841. The second-order valence-electron chi connectivity index (χ2n) is 3.24. The molecule has 0 N–H and O–H groups in total. The fourth-order valence-corrected chi connectivity index (χ4v) is 1.99. The van der Waals surface area contributed by atoms with Gasteiger partial charge in [0, 0.05) is 0 Å². The van der Waals surface area contributed by atoms with Gasteiger partial charge in [0.25, 0.3) is 0 Å². The molecule has 1 fully saturated rings.